The number of hydrogen-bond donors (Lipinski definition) is 3. The van der Waals surface area contributed by atoms with Crippen molar-refractivity contribution in [3.05, 3.63) is 99.6 Å². The molecule has 7 rings (SSSR count). The normalized spacial score (nSPS) is 28.1. The first-order valence-corrected chi connectivity index (χ1v) is 15.6. The predicted octanol–water partition coefficient (Wildman–Crippen LogP) is 4.77. The molecule has 1 saturated carbocycles. The van der Waals surface area contributed by atoms with Crippen LogP contribution in [0.5, 0.6) is 11.5 Å². The van der Waals surface area contributed by atoms with Gasteiger partial charge in [-0.1, -0.05) is 59.1 Å². The van der Waals surface area contributed by atoms with Gasteiger partial charge in [-0.15, -0.1) is 0 Å². The predicted molar refractivity (Wildman–Crippen MR) is 170 cm³/mol. The largest absolute Gasteiger partial charge is 0.508 e. The Bertz CT molecular complexity index is 1900. The fourth-order valence-corrected chi connectivity index (χ4v) is 8.55. The van der Waals surface area contributed by atoms with E-state index in [4.69, 9.17) is 33.7 Å². The number of nitrogens with zero attached hydrogens (tertiary/aromatic N) is 2. The van der Waals surface area contributed by atoms with Crippen LogP contribution in [0.15, 0.2) is 78.4 Å². The maximum Gasteiger partial charge on any atom is 0.328 e. The molecule has 2 saturated heterocycles. The van der Waals surface area contributed by atoms with Crippen LogP contribution in [0.2, 0.25) is 10.0 Å². The first-order valence-electron chi connectivity index (χ1n) is 14.9. The van der Waals surface area contributed by atoms with Gasteiger partial charge in [-0.2, -0.15) is 9.91 Å². The number of urea groups is 1. The van der Waals surface area contributed by atoms with Crippen molar-refractivity contribution in [1.29, 1.82) is 0 Å². The van der Waals surface area contributed by atoms with Crippen LogP contribution in [0.3, 0.4) is 0 Å². The average Bonchev–Trinajstić information content (AvgIpc) is 3.43. The molecule has 6 amide bonds. The second-order valence-corrected chi connectivity index (χ2v) is 13.0. The number of likely N-dealkylation sites (tertiary alicyclic amines) is 1. The van der Waals surface area contributed by atoms with E-state index in [1.807, 2.05) is 6.08 Å². The lowest BCUT2D eigenvalue weighted by Crippen LogP contribution is -2.53. The van der Waals surface area contributed by atoms with E-state index in [0.29, 0.717) is 32.4 Å². The number of carbonyl (C=O) groups is 5. The fraction of sp³-hybridized carbons (Fsp3) is 0.265. The number of benzene rings is 3. The molecule has 2 aliphatic heterocycles. The van der Waals surface area contributed by atoms with Gasteiger partial charge in [-0.05, 0) is 72.4 Å². The number of nitrogens with two attached hydrogens (primary N) is 1. The van der Waals surface area contributed by atoms with Crippen LogP contribution in [0.1, 0.15) is 29.9 Å². The van der Waals surface area contributed by atoms with Gasteiger partial charge in [0.05, 0.1) is 41.0 Å². The average molecular weight is 676 g/mol. The summed E-state index contributed by atoms with van der Waals surface area (Å²) in [6.45, 7) is 0. The Hall–Kier alpha value is -4.87. The number of fused-ring (bicyclic) bond motifs is 4. The highest BCUT2D eigenvalue weighted by atomic mass is 35.5. The molecule has 11 nitrogen and oxygen atoms in total. The van der Waals surface area contributed by atoms with Gasteiger partial charge in [-0.3, -0.25) is 24.6 Å². The van der Waals surface area contributed by atoms with Crippen LogP contribution < -0.4 is 15.9 Å². The Morgan fingerprint density at radius 1 is 0.957 bits per heavy atom. The summed E-state index contributed by atoms with van der Waals surface area (Å²) in [4.78, 5) is 69.3. The summed E-state index contributed by atoms with van der Waals surface area (Å²) < 4.78 is 5.39. The van der Waals surface area contributed by atoms with E-state index >= 15 is 4.79 Å². The van der Waals surface area contributed by atoms with Crippen molar-refractivity contribution < 1.29 is 33.8 Å². The lowest BCUT2D eigenvalue weighted by molar-refractivity contribution is -0.139. The number of nitrogens with one attached hydrogen (secondary N) is 1. The number of allylic oxidation sites excluding steroid dienone is 2. The van der Waals surface area contributed by atoms with Crippen molar-refractivity contribution in [2.45, 2.75) is 24.2 Å². The van der Waals surface area contributed by atoms with Crippen molar-refractivity contribution in [3.8, 4) is 11.5 Å². The number of rotatable bonds is 5. The molecule has 0 spiro atoms. The van der Waals surface area contributed by atoms with Crippen LogP contribution >= 0.6 is 23.2 Å². The summed E-state index contributed by atoms with van der Waals surface area (Å²) in [7, 11) is 1.52. The first kappa shape index (κ1) is 30.8. The Kier molecular flexibility index (Phi) is 7.29. The van der Waals surface area contributed by atoms with Crippen LogP contribution in [0.25, 0.3) is 0 Å². The van der Waals surface area contributed by atoms with Crippen molar-refractivity contribution >= 4 is 58.5 Å². The zero-order chi connectivity index (χ0) is 33.4. The van der Waals surface area contributed by atoms with Gasteiger partial charge < -0.3 is 15.6 Å². The molecule has 6 unspecified atom stereocenters. The lowest BCUT2D eigenvalue weighted by Gasteiger charge is -2.50. The number of phenolic OH excluding ortho intramolecular Hbond substituents is 1. The minimum absolute atomic E-state index is 0.00277. The monoisotopic (exact) mass is 674 g/mol. The number of ether oxygens (including phenoxy) is 1. The van der Waals surface area contributed by atoms with Gasteiger partial charge in [0, 0.05) is 10.9 Å². The Morgan fingerprint density at radius 2 is 1.66 bits per heavy atom. The van der Waals surface area contributed by atoms with Gasteiger partial charge in [0.25, 0.3) is 11.8 Å². The van der Waals surface area contributed by atoms with Crippen molar-refractivity contribution in [1.82, 2.24) is 9.91 Å². The molecule has 240 valence electrons. The molecule has 0 bridgehead atoms. The summed E-state index contributed by atoms with van der Waals surface area (Å²) in [5.74, 6) is -6.32. The fourth-order valence-electron chi connectivity index (χ4n) is 8.10. The van der Waals surface area contributed by atoms with Crippen LogP contribution in [0, 0.1) is 23.7 Å². The molecule has 2 aliphatic carbocycles. The second-order valence-electron chi connectivity index (χ2n) is 12.2. The van der Waals surface area contributed by atoms with Gasteiger partial charge in [0.1, 0.15) is 11.5 Å². The number of anilines is 1. The van der Waals surface area contributed by atoms with E-state index in [9.17, 15) is 24.3 Å². The molecule has 4 N–H and O–H groups in total. The van der Waals surface area contributed by atoms with E-state index in [1.165, 1.54) is 25.3 Å². The Morgan fingerprint density at radius 3 is 2.30 bits per heavy atom. The molecule has 0 aromatic heterocycles. The van der Waals surface area contributed by atoms with Crippen molar-refractivity contribution in [2.24, 2.45) is 29.4 Å². The van der Waals surface area contributed by atoms with Crippen LogP contribution in [-0.2, 0) is 24.6 Å². The molecule has 2 heterocycles. The first-order chi connectivity index (χ1) is 22.5. The van der Waals surface area contributed by atoms with Gasteiger partial charge in [0.15, 0.2) is 0 Å². The summed E-state index contributed by atoms with van der Waals surface area (Å²) >= 11 is 12.6. The zero-order valence-electron chi connectivity index (χ0n) is 24.9. The quantitative estimate of drug-likeness (QED) is 0.258. The van der Waals surface area contributed by atoms with E-state index in [-0.39, 0.29) is 29.3 Å². The molecule has 6 atom stereocenters. The molecule has 3 aromatic carbocycles. The third-order valence-corrected chi connectivity index (χ3v) is 10.6. The minimum atomic E-state index is -1.55. The molecule has 13 heteroatoms. The maximum absolute atomic E-state index is 15.1. The number of hydrazine groups is 1. The highest BCUT2D eigenvalue weighted by molar-refractivity contribution is 6.36. The van der Waals surface area contributed by atoms with Crippen molar-refractivity contribution in [2.75, 3.05) is 12.5 Å². The Balaban J connectivity index is 1.46. The van der Waals surface area contributed by atoms with Gasteiger partial charge >= 0.3 is 6.03 Å². The maximum atomic E-state index is 15.1. The number of halogens is 2. The topological polar surface area (TPSA) is 159 Å². The minimum Gasteiger partial charge on any atom is -0.508 e. The third-order valence-electron chi connectivity index (χ3n) is 10.0. The highest BCUT2D eigenvalue weighted by Crippen LogP contribution is 2.64. The molecule has 4 aliphatic rings. The molecule has 47 heavy (non-hydrogen) atoms. The smallest absolute Gasteiger partial charge is 0.328 e. The standard InChI is InChI=1S/C34H28Cl2N4O7/c1-47-20-9-4-17(5-10-20)34-24(30(43)40(32(34)45)38-26-13-6-18(35)14-25(26)36)15-23-21(28(34)16-2-7-19(41)8-3-16)11-12-22-27(23)31(44)39(29(22)42)33(37)46/h2-11,13-14,22-24,27-28,38,41H,12,15H2,1H3,(H2,37,46). The molecule has 0 radical (unpaired) electrons. The van der Waals surface area contributed by atoms with E-state index < -0.39 is 64.7 Å². The summed E-state index contributed by atoms with van der Waals surface area (Å²) in [6, 6.07) is 16.7. The molecule has 3 fully saturated rings. The van der Waals surface area contributed by atoms with E-state index in [0.717, 1.165) is 5.01 Å². The summed E-state index contributed by atoms with van der Waals surface area (Å²) in [5, 5.41) is 11.7. The summed E-state index contributed by atoms with van der Waals surface area (Å²) in [5.41, 5.74) is 8.92. The number of imide groups is 4. The number of aromatic hydroxyl groups is 1. The van der Waals surface area contributed by atoms with Crippen LogP contribution in [0.4, 0.5) is 10.5 Å². The number of methoxy groups -OCH3 is 1. The number of carbonyl (C=O) groups excluding carboxylic acids is 5. The third kappa shape index (κ3) is 4.44. The van der Waals surface area contributed by atoms with Crippen LogP contribution in [-0.4, -0.2) is 51.8 Å². The van der Waals surface area contributed by atoms with E-state index in [1.54, 1.807) is 48.5 Å². The van der Waals surface area contributed by atoms with Gasteiger partial charge in [0.2, 0.25) is 11.8 Å². The van der Waals surface area contributed by atoms with Gasteiger partial charge in [-0.25, -0.2) is 4.79 Å². The molecule has 3 aromatic rings. The van der Waals surface area contributed by atoms with E-state index in [2.05, 4.69) is 5.43 Å². The number of phenols is 1. The second kappa shape index (κ2) is 11.1. The molecular formula is C34H28Cl2N4O7. The Labute approximate surface area is 278 Å². The SMILES string of the molecule is COc1ccc(C23C(=O)N(Nc4ccc(Cl)cc4Cl)C(=O)C2CC2C(=CCC4C(=O)N(C(N)=O)C(=O)C42)C3c2ccc(O)cc2)cc1. The number of primary amides is 1. The summed E-state index contributed by atoms with van der Waals surface area (Å²) in [6.07, 6.45) is 2.01. The lowest BCUT2D eigenvalue weighted by atomic mass is 9.49. The number of amides is 6. The number of hydrogen-bond acceptors (Lipinski definition) is 8. The highest BCUT2D eigenvalue weighted by Gasteiger charge is 2.70. The van der Waals surface area contributed by atoms with Crippen molar-refractivity contribution in [3.63, 3.8) is 0 Å². The zero-order valence-corrected chi connectivity index (χ0v) is 26.4. The molecular weight excluding hydrogens is 647 g/mol.